The van der Waals surface area contributed by atoms with Gasteiger partial charge < -0.3 is 29.0 Å². The molecule has 0 heterocycles. The van der Waals surface area contributed by atoms with Crippen molar-refractivity contribution in [3.05, 3.63) is 83.1 Å². The average Bonchev–Trinajstić information content (AvgIpc) is 2.96. The predicted molar refractivity (Wildman–Crippen MR) is 143 cm³/mol. The number of hydrogen-bond acceptors (Lipinski definition) is 8. The normalized spacial score (nSPS) is 11.0. The van der Waals surface area contributed by atoms with Gasteiger partial charge in [0.05, 0.1) is 41.8 Å². The third kappa shape index (κ3) is 6.61. The Bertz CT molecular complexity index is 1340. The molecule has 0 fully saturated rings. The maximum atomic E-state index is 13.2. The first-order valence-electron chi connectivity index (χ1n) is 11.4. The molecule has 38 heavy (non-hydrogen) atoms. The van der Waals surface area contributed by atoms with Gasteiger partial charge in [-0.2, -0.15) is 5.10 Å². The molecular weight excluding hydrogens is 490 g/mol. The van der Waals surface area contributed by atoms with Crippen LogP contribution in [0.25, 0.3) is 6.08 Å². The number of nitrogens with zero attached hydrogens (tertiary/aromatic N) is 1. The molecule has 10 nitrogen and oxygen atoms in total. The van der Waals surface area contributed by atoms with E-state index in [-0.39, 0.29) is 5.70 Å². The summed E-state index contributed by atoms with van der Waals surface area (Å²) >= 11 is 0. The van der Waals surface area contributed by atoms with Crippen molar-refractivity contribution >= 4 is 24.1 Å². The Hall–Kier alpha value is -4.99. The Balaban J connectivity index is 1.93. The van der Waals surface area contributed by atoms with E-state index in [0.29, 0.717) is 45.4 Å². The molecule has 198 valence electrons. The summed E-state index contributed by atoms with van der Waals surface area (Å²) in [4.78, 5) is 26.0. The summed E-state index contributed by atoms with van der Waals surface area (Å²) in [5, 5.41) is 6.70. The third-order valence-electron chi connectivity index (χ3n) is 5.37. The van der Waals surface area contributed by atoms with Crippen LogP contribution in [0.5, 0.6) is 28.7 Å². The second-order valence-corrected chi connectivity index (χ2v) is 7.61. The molecule has 0 radical (unpaired) electrons. The standard InChI is InChI=1S/C28H29N3O7/c1-34-21-12-14-23(35-2)20(15-21)16-22(30-27(32)18-9-7-6-8-10-18)28(33)31-29-17-19-11-13-24(36-3)26(38-5)25(19)37-4/h6-17H,1-5H3,(H,30,32)(H,31,33)/b22-16-,29-17-. The fourth-order valence-electron chi connectivity index (χ4n) is 3.50. The summed E-state index contributed by atoms with van der Waals surface area (Å²) in [5.41, 5.74) is 3.79. The topological polar surface area (TPSA) is 117 Å². The molecule has 2 N–H and O–H groups in total. The fraction of sp³-hybridized carbons (Fsp3) is 0.179. The van der Waals surface area contributed by atoms with Crippen LogP contribution in [0.1, 0.15) is 21.5 Å². The van der Waals surface area contributed by atoms with E-state index in [1.807, 2.05) is 0 Å². The van der Waals surface area contributed by atoms with E-state index in [9.17, 15) is 9.59 Å². The molecule has 0 aliphatic carbocycles. The van der Waals surface area contributed by atoms with Crippen molar-refractivity contribution in [3.8, 4) is 28.7 Å². The van der Waals surface area contributed by atoms with Gasteiger partial charge in [-0.1, -0.05) is 18.2 Å². The summed E-state index contributed by atoms with van der Waals surface area (Å²) in [6.07, 6.45) is 2.87. The second kappa shape index (κ2) is 13.4. The number of amides is 2. The fourth-order valence-corrected chi connectivity index (χ4v) is 3.50. The quantitative estimate of drug-likeness (QED) is 0.226. The lowest BCUT2D eigenvalue weighted by Crippen LogP contribution is -2.32. The van der Waals surface area contributed by atoms with Crippen molar-refractivity contribution in [3.63, 3.8) is 0 Å². The van der Waals surface area contributed by atoms with Gasteiger partial charge in [0, 0.05) is 16.7 Å². The van der Waals surface area contributed by atoms with Crippen LogP contribution in [0.3, 0.4) is 0 Å². The van der Waals surface area contributed by atoms with E-state index in [1.54, 1.807) is 60.7 Å². The molecule has 0 bridgehead atoms. The highest BCUT2D eigenvalue weighted by molar-refractivity contribution is 6.05. The number of carbonyl (C=O) groups excluding carboxylic acids is 2. The lowest BCUT2D eigenvalue weighted by Gasteiger charge is -2.14. The number of hydrazone groups is 1. The van der Waals surface area contributed by atoms with Crippen LogP contribution in [-0.4, -0.2) is 53.6 Å². The highest BCUT2D eigenvalue weighted by atomic mass is 16.5. The van der Waals surface area contributed by atoms with E-state index in [0.717, 1.165) is 0 Å². The van der Waals surface area contributed by atoms with Crippen LogP contribution in [-0.2, 0) is 4.79 Å². The van der Waals surface area contributed by atoms with Gasteiger partial charge in [0.2, 0.25) is 5.75 Å². The number of rotatable bonds is 11. The molecule has 3 rings (SSSR count). The van der Waals surface area contributed by atoms with Gasteiger partial charge in [0.25, 0.3) is 11.8 Å². The number of benzene rings is 3. The maximum absolute atomic E-state index is 13.2. The zero-order valence-corrected chi connectivity index (χ0v) is 21.7. The van der Waals surface area contributed by atoms with E-state index in [4.69, 9.17) is 23.7 Å². The van der Waals surface area contributed by atoms with Crippen molar-refractivity contribution < 1.29 is 33.3 Å². The molecule has 0 atom stereocenters. The predicted octanol–water partition coefficient (Wildman–Crippen LogP) is 3.65. The third-order valence-corrected chi connectivity index (χ3v) is 5.37. The van der Waals surface area contributed by atoms with E-state index in [1.165, 1.54) is 47.8 Å². The van der Waals surface area contributed by atoms with Gasteiger partial charge in [-0.3, -0.25) is 9.59 Å². The van der Waals surface area contributed by atoms with Gasteiger partial charge >= 0.3 is 0 Å². The van der Waals surface area contributed by atoms with Crippen molar-refractivity contribution in [1.29, 1.82) is 0 Å². The second-order valence-electron chi connectivity index (χ2n) is 7.61. The molecular formula is C28H29N3O7. The Morgan fingerprint density at radius 2 is 1.42 bits per heavy atom. The number of ether oxygens (including phenoxy) is 5. The largest absolute Gasteiger partial charge is 0.497 e. The Morgan fingerprint density at radius 1 is 0.737 bits per heavy atom. The van der Waals surface area contributed by atoms with E-state index in [2.05, 4.69) is 15.8 Å². The minimum atomic E-state index is -0.671. The van der Waals surface area contributed by atoms with Gasteiger partial charge in [-0.05, 0) is 48.5 Å². The maximum Gasteiger partial charge on any atom is 0.287 e. The lowest BCUT2D eigenvalue weighted by molar-refractivity contribution is -0.117. The van der Waals surface area contributed by atoms with Gasteiger partial charge in [0.15, 0.2) is 11.5 Å². The summed E-state index contributed by atoms with van der Waals surface area (Å²) in [6, 6.07) is 17.0. The molecule has 0 aliphatic rings. The summed E-state index contributed by atoms with van der Waals surface area (Å²) in [7, 11) is 7.51. The molecule has 0 aromatic heterocycles. The first-order chi connectivity index (χ1) is 18.4. The molecule has 0 unspecified atom stereocenters. The number of methoxy groups -OCH3 is 5. The van der Waals surface area contributed by atoms with Crippen LogP contribution < -0.4 is 34.4 Å². The van der Waals surface area contributed by atoms with Crippen LogP contribution in [0.4, 0.5) is 0 Å². The summed E-state index contributed by atoms with van der Waals surface area (Å²) < 4.78 is 26.8. The zero-order valence-electron chi connectivity index (χ0n) is 21.7. The lowest BCUT2D eigenvalue weighted by atomic mass is 10.1. The van der Waals surface area contributed by atoms with E-state index < -0.39 is 11.8 Å². The van der Waals surface area contributed by atoms with Crippen LogP contribution in [0, 0.1) is 0 Å². The molecule has 2 amide bonds. The van der Waals surface area contributed by atoms with Crippen molar-refractivity contribution in [2.75, 3.05) is 35.5 Å². The summed E-state index contributed by atoms with van der Waals surface area (Å²) in [5.74, 6) is 1.11. The van der Waals surface area contributed by atoms with Gasteiger partial charge in [0.1, 0.15) is 17.2 Å². The first kappa shape index (κ1) is 27.6. The number of hydrogen-bond donors (Lipinski definition) is 2. The average molecular weight is 520 g/mol. The van der Waals surface area contributed by atoms with E-state index >= 15 is 0 Å². The minimum absolute atomic E-state index is 0.0677. The highest BCUT2D eigenvalue weighted by Crippen LogP contribution is 2.39. The van der Waals surface area contributed by atoms with Crippen molar-refractivity contribution in [2.24, 2.45) is 5.10 Å². The minimum Gasteiger partial charge on any atom is -0.497 e. The molecule has 3 aromatic carbocycles. The Morgan fingerprint density at radius 3 is 2.05 bits per heavy atom. The Labute approximate surface area is 220 Å². The molecule has 0 saturated carbocycles. The molecule has 3 aromatic rings. The molecule has 0 saturated heterocycles. The monoisotopic (exact) mass is 519 g/mol. The van der Waals surface area contributed by atoms with Crippen LogP contribution in [0.15, 0.2) is 71.5 Å². The van der Waals surface area contributed by atoms with Crippen LogP contribution >= 0.6 is 0 Å². The SMILES string of the molecule is COc1ccc(OC)c(/C=C(\NC(=O)c2ccccc2)C(=O)N/N=C\c2ccc(OC)c(OC)c2OC)c1. The number of nitrogens with one attached hydrogen (secondary N) is 2. The van der Waals surface area contributed by atoms with Gasteiger partial charge in [-0.15, -0.1) is 0 Å². The molecule has 0 spiro atoms. The zero-order chi connectivity index (χ0) is 27.5. The Kier molecular flexibility index (Phi) is 9.70. The highest BCUT2D eigenvalue weighted by Gasteiger charge is 2.17. The smallest absolute Gasteiger partial charge is 0.287 e. The molecule has 0 aliphatic heterocycles. The first-order valence-corrected chi connectivity index (χ1v) is 11.4. The van der Waals surface area contributed by atoms with Crippen molar-refractivity contribution in [2.45, 2.75) is 0 Å². The summed E-state index contributed by atoms with van der Waals surface area (Å²) in [6.45, 7) is 0. The van der Waals surface area contributed by atoms with Crippen LogP contribution in [0.2, 0.25) is 0 Å². The van der Waals surface area contributed by atoms with Crippen molar-refractivity contribution in [1.82, 2.24) is 10.7 Å². The van der Waals surface area contributed by atoms with Gasteiger partial charge in [-0.25, -0.2) is 5.43 Å². The number of carbonyl (C=O) groups is 2. The molecule has 10 heteroatoms.